The first kappa shape index (κ1) is 13.4. The van der Waals surface area contributed by atoms with Gasteiger partial charge >= 0.3 is 5.97 Å². The minimum atomic E-state index is -0.435. The molecule has 19 heavy (non-hydrogen) atoms. The first-order valence-corrected chi connectivity index (χ1v) is 6.56. The van der Waals surface area contributed by atoms with Crippen molar-refractivity contribution in [1.82, 2.24) is 9.97 Å². The van der Waals surface area contributed by atoms with Crippen molar-refractivity contribution in [3.8, 4) is 0 Å². The summed E-state index contributed by atoms with van der Waals surface area (Å²) in [7, 11) is 1.34. The van der Waals surface area contributed by atoms with Gasteiger partial charge in [-0.3, -0.25) is 4.98 Å². The molecule has 98 valence electrons. The Morgan fingerprint density at radius 2 is 2.26 bits per heavy atom. The number of hydrogen-bond acceptors (Lipinski definition) is 6. The van der Waals surface area contributed by atoms with E-state index >= 15 is 0 Å². The first-order chi connectivity index (χ1) is 9.20. The van der Waals surface area contributed by atoms with E-state index < -0.39 is 5.97 Å². The average molecular weight is 275 g/mol. The largest absolute Gasteiger partial charge is 0.464 e. The molecule has 0 saturated heterocycles. The van der Waals surface area contributed by atoms with E-state index in [1.807, 2.05) is 12.1 Å². The maximum absolute atomic E-state index is 11.4. The van der Waals surface area contributed by atoms with E-state index in [4.69, 9.17) is 5.73 Å². The van der Waals surface area contributed by atoms with Gasteiger partial charge in [0.05, 0.1) is 24.7 Å². The number of hydrogen-bond donors (Lipinski definition) is 1. The van der Waals surface area contributed by atoms with Crippen LogP contribution in [0.1, 0.15) is 16.2 Å². The quantitative estimate of drug-likeness (QED) is 0.680. The standard InChI is InChI=1S/C13H13N3O2S/c1-18-13(17)11-4-2-3-9(16-11)8-19-12-5-6-15-7-10(12)14/h2-7H,8,14H2,1H3. The number of nitrogens with two attached hydrogens (primary N) is 1. The van der Waals surface area contributed by atoms with Crippen molar-refractivity contribution in [3.05, 3.63) is 48.0 Å². The third-order valence-corrected chi connectivity index (χ3v) is 3.51. The predicted molar refractivity (Wildman–Crippen MR) is 73.8 cm³/mol. The Balaban J connectivity index is 2.08. The second kappa shape index (κ2) is 6.19. The number of methoxy groups -OCH3 is 1. The number of rotatable bonds is 4. The van der Waals surface area contributed by atoms with Gasteiger partial charge in [0.25, 0.3) is 0 Å². The van der Waals surface area contributed by atoms with Crippen molar-refractivity contribution >= 4 is 23.4 Å². The molecule has 6 heteroatoms. The molecule has 0 radical (unpaired) electrons. The number of thioether (sulfide) groups is 1. The molecule has 0 atom stereocenters. The molecule has 0 fully saturated rings. The summed E-state index contributed by atoms with van der Waals surface area (Å²) in [5, 5.41) is 0. The molecule has 0 aliphatic rings. The number of ether oxygens (including phenoxy) is 1. The van der Waals surface area contributed by atoms with Crippen LogP contribution in [0.4, 0.5) is 5.69 Å². The van der Waals surface area contributed by atoms with E-state index in [1.165, 1.54) is 7.11 Å². The van der Waals surface area contributed by atoms with Gasteiger partial charge in [0.1, 0.15) is 5.69 Å². The number of pyridine rings is 2. The molecule has 0 amide bonds. The van der Waals surface area contributed by atoms with Crippen LogP contribution in [-0.4, -0.2) is 23.0 Å². The average Bonchev–Trinajstić information content (AvgIpc) is 2.46. The Labute approximate surface area is 115 Å². The molecule has 2 aromatic heterocycles. The monoisotopic (exact) mass is 275 g/mol. The SMILES string of the molecule is COC(=O)c1cccc(CSc2ccncc2N)n1. The molecular weight excluding hydrogens is 262 g/mol. The summed E-state index contributed by atoms with van der Waals surface area (Å²) in [6, 6.07) is 7.12. The smallest absolute Gasteiger partial charge is 0.356 e. The van der Waals surface area contributed by atoms with Gasteiger partial charge in [-0.25, -0.2) is 9.78 Å². The lowest BCUT2D eigenvalue weighted by atomic mass is 10.3. The van der Waals surface area contributed by atoms with Gasteiger partial charge in [-0.15, -0.1) is 11.8 Å². The fourth-order valence-electron chi connectivity index (χ4n) is 1.46. The normalized spacial score (nSPS) is 10.2. The lowest BCUT2D eigenvalue weighted by molar-refractivity contribution is 0.0594. The van der Waals surface area contributed by atoms with Crippen LogP contribution in [0.25, 0.3) is 0 Å². The predicted octanol–water partition coefficient (Wildman–Crippen LogP) is 2.14. The summed E-state index contributed by atoms with van der Waals surface area (Å²) in [4.78, 5) is 20.5. The van der Waals surface area contributed by atoms with E-state index in [0.29, 0.717) is 17.1 Å². The van der Waals surface area contributed by atoms with Crippen LogP contribution in [0.2, 0.25) is 0 Å². The second-order valence-corrected chi connectivity index (χ2v) is 4.73. The zero-order valence-electron chi connectivity index (χ0n) is 10.4. The molecule has 2 aromatic rings. The van der Waals surface area contributed by atoms with Crippen molar-refractivity contribution in [2.75, 3.05) is 12.8 Å². The highest BCUT2D eigenvalue weighted by atomic mass is 32.2. The molecule has 0 aliphatic carbocycles. The Kier molecular flexibility index (Phi) is 4.35. The minimum Gasteiger partial charge on any atom is -0.464 e. The Bertz CT molecular complexity index is 590. The van der Waals surface area contributed by atoms with E-state index in [9.17, 15) is 4.79 Å². The summed E-state index contributed by atoms with van der Waals surface area (Å²) >= 11 is 1.55. The zero-order chi connectivity index (χ0) is 13.7. The van der Waals surface area contributed by atoms with Gasteiger partial charge in [0.2, 0.25) is 0 Å². The maximum atomic E-state index is 11.4. The van der Waals surface area contributed by atoms with E-state index in [-0.39, 0.29) is 0 Å². The Morgan fingerprint density at radius 3 is 3.00 bits per heavy atom. The van der Waals surface area contributed by atoms with Crippen molar-refractivity contribution in [3.63, 3.8) is 0 Å². The van der Waals surface area contributed by atoms with Gasteiger partial charge < -0.3 is 10.5 Å². The maximum Gasteiger partial charge on any atom is 0.356 e. The van der Waals surface area contributed by atoms with Crippen LogP contribution in [0.15, 0.2) is 41.6 Å². The molecule has 0 unspecified atom stereocenters. The minimum absolute atomic E-state index is 0.309. The van der Waals surface area contributed by atoms with Crippen LogP contribution in [0, 0.1) is 0 Å². The summed E-state index contributed by atoms with van der Waals surface area (Å²) in [6.45, 7) is 0. The molecule has 5 nitrogen and oxygen atoms in total. The van der Waals surface area contributed by atoms with E-state index in [2.05, 4.69) is 14.7 Å². The summed E-state index contributed by atoms with van der Waals surface area (Å²) in [5.41, 5.74) is 7.55. The van der Waals surface area contributed by atoms with Gasteiger partial charge in [0.15, 0.2) is 0 Å². The summed E-state index contributed by atoms with van der Waals surface area (Å²) < 4.78 is 4.64. The highest BCUT2D eigenvalue weighted by molar-refractivity contribution is 7.98. The van der Waals surface area contributed by atoms with Crippen LogP contribution in [-0.2, 0) is 10.5 Å². The topological polar surface area (TPSA) is 78.1 Å². The van der Waals surface area contributed by atoms with Crippen molar-refractivity contribution < 1.29 is 9.53 Å². The molecule has 0 saturated carbocycles. The third kappa shape index (κ3) is 3.45. The molecule has 0 aliphatic heterocycles. The van der Waals surface area contributed by atoms with Gasteiger partial charge in [-0.05, 0) is 18.2 Å². The van der Waals surface area contributed by atoms with Crippen molar-refractivity contribution in [2.24, 2.45) is 0 Å². The molecule has 2 rings (SSSR count). The second-order valence-electron chi connectivity index (χ2n) is 3.71. The highest BCUT2D eigenvalue weighted by Crippen LogP contribution is 2.26. The van der Waals surface area contributed by atoms with Crippen molar-refractivity contribution in [1.29, 1.82) is 0 Å². The van der Waals surface area contributed by atoms with Crippen LogP contribution >= 0.6 is 11.8 Å². The number of anilines is 1. The number of aromatic nitrogens is 2. The number of carbonyl (C=O) groups is 1. The number of nitrogen functional groups attached to an aromatic ring is 1. The molecule has 0 aromatic carbocycles. The lowest BCUT2D eigenvalue weighted by Crippen LogP contribution is -2.05. The third-order valence-electron chi connectivity index (χ3n) is 2.39. The van der Waals surface area contributed by atoms with Gasteiger partial charge in [-0.1, -0.05) is 6.07 Å². The number of esters is 1. The molecule has 0 spiro atoms. The molecule has 2 N–H and O–H groups in total. The first-order valence-electron chi connectivity index (χ1n) is 5.57. The number of carbonyl (C=O) groups excluding carboxylic acids is 1. The fraction of sp³-hybridized carbons (Fsp3) is 0.154. The molecule has 0 bridgehead atoms. The fourth-order valence-corrected chi connectivity index (χ4v) is 2.30. The highest BCUT2D eigenvalue weighted by Gasteiger charge is 2.08. The van der Waals surface area contributed by atoms with E-state index in [1.54, 1.807) is 36.3 Å². The number of nitrogens with zero attached hydrogens (tertiary/aromatic N) is 2. The molecular formula is C13H13N3O2S. The Hall–Kier alpha value is -2.08. The van der Waals surface area contributed by atoms with E-state index in [0.717, 1.165) is 10.6 Å². The summed E-state index contributed by atoms with van der Waals surface area (Å²) in [6.07, 6.45) is 3.30. The van der Waals surface area contributed by atoms with Crippen LogP contribution in [0.3, 0.4) is 0 Å². The van der Waals surface area contributed by atoms with Gasteiger partial charge in [-0.2, -0.15) is 0 Å². The van der Waals surface area contributed by atoms with Crippen LogP contribution in [0.5, 0.6) is 0 Å². The summed E-state index contributed by atoms with van der Waals surface area (Å²) in [5.74, 6) is 0.189. The van der Waals surface area contributed by atoms with Crippen LogP contribution < -0.4 is 5.73 Å². The van der Waals surface area contributed by atoms with Crippen molar-refractivity contribution in [2.45, 2.75) is 10.6 Å². The zero-order valence-corrected chi connectivity index (χ0v) is 11.2. The Morgan fingerprint density at radius 1 is 1.42 bits per heavy atom. The lowest BCUT2D eigenvalue weighted by Gasteiger charge is -2.05. The van der Waals surface area contributed by atoms with Gasteiger partial charge in [0, 0.05) is 16.8 Å². The molecule has 2 heterocycles.